The van der Waals surface area contributed by atoms with Gasteiger partial charge in [0, 0.05) is 43.3 Å². The molecule has 3 aliphatic heterocycles. The quantitative estimate of drug-likeness (QED) is 0.0844. The van der Waals surface area contributed by atoms with Gasteiger partial charge in [-0.25, -0.2) is 0 Å². The average molecular weight is 770 g/mol. The number of rotatable bonds is 11. The molecular formula is C42H39N7O6S. The molecule has 1 N–H and O–H groups in total. The van der Waals surface area contributed by atoms with E-state index >= 15 is 0 Å². The Balaban J connectivity index is 0.830. The van der Waals surface area contributed by atoms with Gasteiger partial charge in [0.15, 0.2) is 5.82 Å². The maximum absolute atomic E-state index is 13.1. The number of imide groups is 1. The van der Waals surface area contributed by atoms with E-state index in [4.69, 9.17) is 9.47 Å². The van der Waals surface area contributed by atoms with Crippen LogP contribution >= 0.6 is 11.3 Å². The molecule has 3 amide bonds. The molecule has 14 heteroatoms. The van der Waals surface area contributed by atoms with Crippen LogP contribution in [0.1, 0.15) is 92.4 Å². The Bertz CT molecular complexity index is 2420. The smallest absolute Gasteiger partial charge is 0.305 e. The number of carbonyl (C=O) groups is 4. The number of piperidine rings is 1. The van der Waals surface area contributed by atoms with E-state index in [9.17, 15) is 19.2 Å². The number of amides is 3. The molecule has 0 saturated carbocycles. The predicted octanol–water partition coefficient (Wildman–Crippen LogP) is 5.04. The Morgan fingerprint density at radius 1 is 1.07 bits per heavy atom. The number of benzene rings is 2. The Morgan fingerprint density at radius 3 is 2.80 bits per heavy atom. The van der Waals surface area contributed by atoms with E-state index in [2.05, 4.69) is 49.2 Å². The van der Waals surface area contributed by atoms with Crippen LogP contribution in [0.25, 0.3) is 11.1 Å². The van der Waals surface area contributed by atoms with Gasteiger partial charge in [0.1, 0.15) is 23.5 Å². The lowest BCUT2D eigenvalue weighted by Crippen LogP contribution is -2.52. The van der Waals surface area contributed by atoms with Crippen molar-refractivity contribution in [3.8, 4) is 16.8 Å². The summed E-state index contributed by atoms with van der Waals surface area (Å²) in [6.07, 6.45) is 10.0. The second kappa shape index (κ2) is 16.3. The van der Waals surface area contributed by atoms with Gasteiger partial charge in [-0.05, 0) is 60.9 Å². The first-order chi connectivity index (χ1) is 27.3. The molecule has 3 aromatic heterocycles. The number of ether oxygens (including phenoxy) is 2. The summed E-state index contributed by atoms with van der Waals surface area (Å²) in [5.41, 5.74) is 6.50. The number of carbonyl (C=O) groups excluding carboxylic acids is 4. The summed E-state index contributed by atoms with van der Waals surface area (Å²) in [4.78, 5) is 52.1. The molecule has 284 valence electrons. The van der Waals surface area contributed by atoms with E-state index < -0.39 is 11.9 Å². The molecule has 6 heterocycles. The van der Waals surface area contributed by atoms with Crippen LogP contribution in [0.5, 0.6) is 0 Å². The highest BCUT2D eigenvalue weighted by atomic mass is 32.1. The van der Waals surface area contributed by atoms with Crippen molar-refractivity contribution in [3.05, 3.63) is 122 Å². The van der Waals surface area contributed by atoms with Crippen molar-refractivity contribution >= 4 is 41.1 Å². The zero-order chi connectivity index (χ0) is 38.6. The van der Waals surface area contributed by atoms with Gasteiger partial charge in [-0.1, -0.05) is 66.5 Å². The molecule has 0 spiro atoms. The van der Waals surface area contributed by atoms with E-state index in [1.807, 2.05) is 55.6 Å². The normalized spacial score (nSPS) is 16.2. The third-order valence-corrected chi connectivity index (χ3v) is 11.3. The fourth-order valence-corrected chi connectivity index (χ4v) is 8.51. The molecule has 8 rings (SSSR count). The fraction of sp³-hybridized carbons (Fsp3) is 0.310. The van der Waals surface area contributed by atoms with Gasteiger partial charge < -0.3 is 14.4 Å². The lowest BCUT2D eigenvalue weighted by Gasteiger charge is -2.29. The summed E-state index contributed by atoms with van der Waals surface area (Å²) in [7, 11) is 0. The Kier molecular flexibility index (Phi) is 10.7. The summed E-state index contributed by atoms with van der Waals surface area (Å²) in [6.45, 7) is 3.90. The first-order valence-corrected chi connectivity index (χ1v) is 19.4. The Hall–Kier alpha value is -6.17. The molecule has 1 atom stereocenters. The molecule has 1 unspecified atom stereocenters. The van der Waals surface area contributed by atoms with Crippen molar-refractivity contribution in [2.45, 2.75) is 77.8 Å². The molecule has 2 aromatic carbocycles. The van der Waals surface area contributed by atoms with Crippen molar-refractivity contribution < 1.29 is 28.7 Å². The van der Waals surface area contributed by atoms with E-state index in [0.29, 0.717) is 51.1 Å². The van der Waals surface area contributed by atoms with Crippen LogP contribution in [-0.2, 0) is 56.6 Å². The number of aryl methyl sites for hydroxylation is 2. The summed E-state index contributed by atoms with van der Waals surface area (Å²) in [6, 6.07) is 15.2. The second-order valence-electron chi connectivity index (χ2n) is 13.9. The number of hydrogen-bond donors (Lipinski definition) is 1. The van der Waals surface area contributed by atoms with Crippen LogP contribution in [0.2, 0.25) is 0 Å². The summed E-state index contributed by atoms with van der Waals surface area (Å²) < 4.78 is 15.4. The third-order valence-electron chi connectivity index (χ3n) is 10.1. The number of fused-ring (bicyclic) bond motifs is 4. The summed E-state index contributed by atoms with van der Waals surface area (Å²) in [5.74, 6) is 7.07. The molecule has 56 heavy (non-hydrogen) atoms. The van der Waals surface area contributed by atoms with Crippen molar-refractivity contribution in [1.82, 2.24) is 34.8 Å². The van der Waals surface area contributed by atoms with Crippen molar-refractivity contribution in [1.29, 1.82) is 0 Å². The number of nitrogens with one attached hydrogen (secondary N) is 1. The first-order valence-electron chi connectivity index (χ1n) is 18.6. The maximum Gasteiger partial charge on any atom is 0.305 e. The molecular weight excluding hydrogens is 731 g/mol. The molecule has 1 saturated heterocycles. The number of aromatic nitrogens is 5. The van der Waals surface area contributed by atoms with E-state index in [-0.39, 0.29) is 37.2 Å². The second-order valence-corrected chi connectivity index (χ2v) is 14.9. The number of thiophene rings is 1. The van der Waals surface area contributed by atoms with Crippen molar-refractivity contribution in [2.24, 2.45) is 0 Å². The van der Waals surface area contributed by atoms with Crippen molar-refractivity contribution in [3.63, 3.8) is 0 Å². The van der Waals surface area contributed by atoms with Gasteiger partial charge in [0.25, 0.3) is 5.91 Å². The van der Waals surface area contributed by atoms with Gasteiger partial charge in [-0.2, -0.15) is 5.10 Å². The standard InChI is InChI=1S/C42H39N7O6S/c1-27-45-46-37-26-54-25-34-32(21-28-9-3-2-4-10-28)36(56-42(34)49(27)37)17-15-29-22-43-47(23-29)19-8-14-39(51)55-20-6-5-11-30-12-7-13-31-33(30)24-48(41(31)53)35-16-18-38(50)44-40(35)52/h2-5,7,9-13,22-23,35H,6,8,14,16,18-21,24-26H2,1H3,(H,44,50,52)/b11-5-. The maximum atomic E-state index is 13.1. The molecule has 5 aromatic rings. The average Bonchev–Trinajstić information content (AvgIpc) is 3.94. The lowest BCUT2D eigenvalue weighted by atomic mass is 10.0. The zero-order valence-electron chi connectivity index (χ0n) is 30.8. The van der Waals surface area contributed by atoms with Crippen LogP contribution in [0.3, 0.4) is 0 Å². The Labute approximate surface area is 327 Å². The van der Waals surface area contributed by atoms with E-state index in [1.165, 1.54) is 10.5 Å². The van der Waals surface area contributed by atoms with E-state index in [0.717, 1.165) is 55.8 Å². The molecule has 0 aliphatic carbocycles. The topological polar surface area (TPSA) is 151 Å². The van der Waals surface area contributed by atoms with Gasteiger partial charge in [0.2, 0.25) is 11.8 Å². The number of nitrogens with zero attached hydrogens (tertiary/aromatic N) is 6. The van der Waals surface area contributed by atoms with Crippen LogP contribution < -0.4 is 5.32 Å². The lowest BCUT2D eigenvalue weighted by molar-refractivity contribution is -0.143. The van der Waals surface area contributed by atoms with Gasteiger partial charge in [-0.15, -0.1) is 21.5 Å². The van der Waals surface area contributed by atoms with Crippen LogP contribution in [0, 0.1) is 18.8 Å². The molecule has 1 fully saturated rings. The molecule has 3 aliphatic rings. The first kappa shape index (κ1) is 36.8. The minimum absolute atomic E-state index is 0.209. The third kappa shape index (κ3) is 7.82. The van der Waals surface area contributed by atoms with Gasteiger partial charge in [0.05, 0.1) is 29.9 Å². The minimum Gasteiger partial charge on any atom is -0.465 e. The Morgan fingerprint density at radius 2 is 1.95 bits per heavy atom. The highest BCUT2D eigenvalue weighted by Crippen LogP contribution is 2.37. The van der Waals surface area contributed by atoms with Crippen LogP contribution in [-0.4, -0.2) is 65.8 Å². The van der Waals surface area contributed by atoms with Crippen LogP contribution in [0.15, 0.2) is 67.0 Å². The van der Waals surface area contributed by atoms with E-state index in [1.54, 1.807) is 28.3 Å². The highest BCUT2D eigenvalue weighted by molar-refractivity contribution is 7.15. The molecule has 0 radical (unpaired) electrons. The SMILES string of the molecule is Cc1nnc2n1-c1sc(C#Cc3cnn(CCCC(=O)OCC/C=C\c4cccc5c4CN(C4CCC(=O)NC4=O)C5=O)c3)c(Cc3ccccc3)c1COC2. The molecule has 13 nitrogen and oxygen atoms in total. The predicted molar refractivity (Wildman–Crippen MR) is 206 cm³/mol. The summed E-state index contributed by atoms with van der Waals surface area (Å²) in [5, 5.41) is 16.5. The number of hydrogen-bond acceptors (Lipinski definition) is 10. The minimum atomic E-state index is -0.662. The van der Waals surface area contributed by atoms with Gasteiger partial charge >= 0.3 is 5.97 Å². The number of esters is 1. The zero-order valence-corrected chi connectivity index (χ0v) is 31.6. The monoisotopic (exact) mass is 769 g/mol. The van der Waals surface area contributed by atoms with Gasteiger partial charge in [-0.3, -0.25) is 33.7 Å². The largest absolute Gasteiger partial charge is 0.465 e. The highest BCUT2D eigenvalue weighted by Gasteiger charge is 2.39. The fourth-order valence-electron chi connectivity index (χ4n) is 7.27. The summed E-state index contributed by atoms with van der Waals surface area (Å²) >= 11 is 1.63. The van der Waals surface area contributed by atoms with Crippen molar-refractivity contribution in [2.75, 3.05) is 6.61 Å². The van der Waals surface area contributed by atoms with Crippen LogP contribution in [0.4, 0.5) is 0 Å². The molecule has 0 bridgehead atoms.